The van der Waals surface area contributed by atoms with Gasteiger partial charge in [0.15, 0.2) is 0 Å². The van der Waals surface area contributed by atoms with Gasteiger partial charge in [-0.2, -0.15) is 11.8 Å². The molecule has 1 fully saturated rings. The third-order valence-electron chi connectivity index (χ3n) is 3.06. The first kappa shape index (κ1) is 13.8. The van der Waals surface area contributed by atoms with Crippen LogP contribution in [0.4, 0.5) is 4.39 Å². The SMILES string of the molecule is CC1(CNS(=O)(=O)c2ccccc2F)CCCS1. The van der Waals surface area contributed by atoms with Crippen LogP contribution in [0.25, 0.3) is 0 Å². The number of rotatable bonds is 4. The second-order valence-corrected chi connectivity index (χ2v) is 8.07. The third kappa shape index (κ3) is 3.05. The summed E-state index contributed by atoms with van der Waals surface area (Å²) >= 11 is 1.76. The van der Waals surface area contributed by atoms with Gasteiger partial charge in [-0.3, -0.25) is 0 Å². The molecule has 18 heavy (non-hydrogen) atoms. The molecule has 100 valence electrons. The minimum atomic E-state index is -3.75. The lowest BCUT2D eigenvalue weighted by atomic mass is 10.1. The summed E-state index contributed by atoms with van der Waals surface area (Å²) in [5.41, 5.74) is 0. The first-order valence-electron chi connectivity index (χ1n) is 5.81. The Kier molecular flexibility index (Phi) is 3.99. The average molecular weight is 289 g/mol. The molecule has 6 heteroatoms. The van der Waals surface area contributed by atoms with E-state index in [0.29, 0.717) is 6.54 Å². The molecule has 0 aliphatic carbocycles. The molecule has 1 aromatic carbocycles. The molecular formula is C12H16FNO2S2. The maximum atomic E-state index is 13.5. The quantitative estimate of drug-likeness (QED) is 0.926. The number of benzene rings is 1. The van der Waals surface area contributed by atoms with E-state index in [9.17, 15) is 12.8 Å². The zero-order valence-electron chi connectivity index (χ0n) is 10.1. The van der Waals surface area contributed by atoms with Gasteiger partial charge in [-0.25, -0.2) is 17.5 Å². The van der Waals surface area contributed by atoms with E-state index in [-0.39, 0.29) is 9.64 Å². The lowest BCUT2D eigenvalue weighted by Gasteiger charge is -2.22. The van der Waals surface area contributed by atoms with Gasteiger partial charge in [-0.15, -0.1) is 0 Å². The van der Waals surface area contributed by atoms with Gasteiger partial charge in [-0.05, 0) is 37.7 Å². The summed E-state index contributed by atoms with van der Waals surface area (Å²) in [5.74, 6) is 0.340. The summed E-state index contributed by atoms with van der Waals surface area (Å²) in [6.45, 7) is 2.38. The van der Waals surface area contributed by atoms with Crippen LogP contribution in [-0.4, -0.2) is 25.5 Å². The van der Waals surface area contributed by atoms with E-state index in [0.717, 1.165) is 24.7 Å². The number of thioether (sulfide) groups is 1. The van der Waals surface area contributed by atoms with Crippen LogP contribution in [0.1, 0.15) is 19.8 Å². The minimum absolute atomic E-state index is 0.0711. The summed E-state index contributed by atoms with van der Waals surface area (Å²) < 4.78 is 39.9. The molecule has 1 N–H and O–H groups in total. The van der Waals surface area contributed by atoms with Crippen molar-refractivity contribution in [2.75, 3.05) is 12.3 Å². The molecule has 1 saturated heterocycles. The highest BCUT2D eigenvalue weighted by Gasteiger charge is 2.31. The maximum absolute atomic E-state index is 13.5. The van der Waals surface area contributed by atoms with Crippen molar-refractivity contribution in [3.8, 4) is 0 Å². The number of halogens is 1. The van der Waals surface area contributed by atoms with Crippen LogP contribution in [0.2, 0.25) is 0 Å². The van der Waals surface area contributed by atoms with Crippen LogP contribution < -0.4 is 4.72 Å². The van der Waals surface area contributed by atoms with E-state index in [1.54, 1.807) is 11.8 Å². The Morgan fingerprint density at radius 1 is 1.44 bits per heavy atom. The van der Waals surface area contributed by atoms with Crippen molar-refractivity contribution in [3.05, 3.63) is 30.1 Å². The van der Waals surface area contributed by atoms with Gasteiger partial charge < -0.3 is 0 Å². The summed E-state index contributed by atoms with van der Waals surface area (Å²) in [7, 11) is -3.75. The van der Waals surface area contributed by atoms with E-state index in [4.69, 9.17) is 0 Å². The van der Waals surface area contributed by atoms with Gasteiger partial charge in [0, 0.05) is 11.3 Å². The molecule has 2 rings (SSSR count). The average Bonchev–Trinajstić information content (AvgIpc) is 2.75. The topological polar surface area (TPSA) is 46.2 Å². The Morgan fingerprint density at radius 3 is 2.78 bits per heavy atom. The standard InChI is InChI=1S/C12H16FNO2S2/c1-12(7-4-8-17-12)9-14-18(15,16)11-6-3-2-5-10(11)13/h2-3,5-6,14H,4,7-9H2,1H3. The van der Waals surface area contributed by atoms with E-state index in [2.05, 4.69) is 4.72 Å². The van der Waals surface area contributed by atoms with Gasteiger partial charge in [0.25, 0.3) is 0 Å². The van der Waals surface area contributed by atoms with Crippen molar-refractivity contribution in [3.63, 3.8) is 0 Å². The summed E-state index contributed by atoms with van der Waals surface area (Å²) in [5, 5.41) is 0. The zero-order chi connectivity index (χ0) is 13.2. The molecule has 0 saturated carbocycles. The molecule has 1 aliphatic heterocycles. The second-order valence-electron chi connectivity index (χ2n) is 4.66. The Morgan fingerprint density at radius 2 is 2.17 bits per heavy atom. The maximum Gasteiger partial charge on any atom is 0.243 e. The van der Waals surface area contributed by atoms with Crippen LogP contribution in [0.15, 0.2) is 29.2 Å². The smallest absolute Gasteiger partial charge is 0.210 e. The minimum Gasteiger partial charge on any atom is -0.210 e. The van der Waals surface area contributed by atoms with Crippen LogP contribution in [0, 0.1) is 5.82 Å². The van der Waals surface area contributed by atoms with Gasteiger partial charge >= 0.3 is 0 Å². The van der Waals surface area contributed by atoms with E-state index in [1.165, 1.54) is 18.2 Å². The molecule has 1 unspecified atom stereocenters. The van der Waals surface area contributed by atoms with Crippen LogP contribution in [0.5, 0.6) is 0 Å². The fourth-order valence-electron chi connectivity index (χ4n) is 1.96. The van der Waals surface area contributed by atoms with Crippen LogP contribution >= 0.6 is 11.8 Å². The molecule has 3 nitrogen and oxygen atoms in total. The summed E-state index contributed by atoms with van der Waals surface area (Å²) in [4.78, 5) is -0.281. The first-order valence-corrected chi connectivity index (χ1v) is 8.28. The van der Waals surface area contributed by atoms with Gasteiger partial charge in [0.05, 0.1) is 0 Å². The molecule has 1 aliphatic rings. The molecule has 0 radical (unpaired) electrons. The number of hydrogen-bond donors (Lipinski definition) is 1. The lowest BCUT2D eigenvalue weighted by molar-refractivity contribution is 0.539. The van der Waals surface area contributed by atoms with Crippen LogP contribution in [-0.2, 0) is 10.0 Å². The Bertz CT molecular complexity index is 525. The number of nitrogens with one attached hydrogen (secondary N) is 1. The van der Waals surface area contributed by atoms with Crippen molar-refractivity contribution < 1.29 is 12.8 Å². The molecule has 1 aromatic rings. The molecule has 0 bridgehead atoms. The highest BCUT2D eigenvalue weighted by atomic mass is 32.2. The van der Waals surface area contributed by atoms with E-state index < -0.39 is 15.8 Å². The molecule has 0 spiro atoms. The fraction of sp³-hybridized carbons (Fsp3) is 0.500. The van der Waals surface area contributed by atoms with Crippen molar-refractivity contribution in [1.29, 1.82) is 0 Å². The van der Waals surface area contributed by atoms with E-state index >= 15 is 0 Å². The predicted molar refractivity (Wildman–Crippen MR) is 71.7 cm³/mol. The zero-order valence-corrected chi connectivity index (χ0v) is 11.8. The molecule has 0 amide bonds. The third-order valence-corrected chi connectivity index (χ3v) is 6.04. The van der Waals surface area contributed by atoms with Crippen molar-refractivity contribution >= 4 is 21.8 Å². The highest BCUT2D eigenvalue weighted by molar-refractivity contribution is 8.01. The summed E-state index contributed by atoms with van der Waals surface area (Å²) in [6.07, 6.45) is 2.08. The Hall–Kier alpha value is -0.590. The number of hydrogen-bond acceptors (Lipinski definition) is 3. The van der Waals surface area contributed by atoms with Gasteiger partial charge in [0.1, 0.15) is 10.7 Å². The Labute approximate surface area is 111 Å². The van der Waals surface area contributed by atoms with Crippen molar-refractivity contribution in [2.45, 2.75) is 29.4 Å². The fourth-order valence-corrected chi connectivity index (χ4v) is 4.55. The predicted octanol–water partition coefficient (Wildman–Crippen LogP) is 2.39. The number of sulfonamides is 1. The monoisotopic (exact) mass is 289 g/mol. The summed E-state index contributed by atoms with van der Waals surface area (Å²) in [6, 6.07) is 5.43. The molecule has 0 aromatic heterocycles. The molecule has 1 heterocycles. The first-order chi connectivity index (χ1) is 8.43. The van der Waals surface area contributed by atoms with Gasteiger partial charge in [-0.1, -0.05) is 12.1 Å². The lowest BCUT2D eigenvalue weighted by Crippen LogP contribution is -2.37. The largest absolute Gasteiger partial charge is 0.243 e. The normalized spacial score (nSPS) is 24.3. The molecular weight excluding hydrogens is 273 g/mol. The second kappa shape index (κ2) is 5.19. The van der Waals surface area contributed by atoms with E-state index in [1.807, 2.05) is 6.92 Å². The van der Waals surface area contributed by atoms with Crippen molar-refractivity contribution in [1.82, 2.24) is 4.72 Å². The Balaban J connectivity index is 2.11. The van der Waals surface area contributed by atoms with Gasteiger partial charge in [0.2, 0.25) is 10.0 Å². The van der Waals surface area contributed by atoms with Crippen LogP contribution in [0.3, 0.4) is 0 Å². The molecule has 1 atom stereocenters. The highest BCUT2D eigenvalue weighted by Crippen LogP contribution is 2.37. The van der Waals surface area contributed by atoms with Crippen molar-refractivity contribution in [2.24, 2.45) is 0 Å².